The van der Waals surface area contributed by atoms with Crippen LogP contribution in [0.25, 0.3) is 32.7 Å². The third kappa shape index (κ3) is 2.39. The number of aryl methyl sites for hydroxylation is 3. The highest BCUT2D eigenvalue weighted by molar-refractivity contribution is 6.10. The van der Waals surface area contributed by atoms with Crippen LogP contribution in [0.3, 0.4) is 0 Å². The van der Waals surface area contributed by atoms with Crippen LogP contribution in [-0.4, -0.2) is 9.66 Å². The fourth-order valence-corrected chi connectivity index (χ4v) is 3.96. The van der Waals surface area contributed by atoms with Gasteiger partial charge in [-0.2, -0.15) is 0 Å². The van der Waals surface area contributed by atoms with E-state index in [4.69, 9.17) is 0 Å². The number of rotatable bonds is 2. The lowest BCUT2D eigenvalue weighted by Gasteiger charge is -2.15. The van der Waals surface area contributed by atoms with Gasteiger partial charge in [-0.3, -0.25) is 15.1 Å². The molecule has 2 heterocycles. The zero-order chi connectivity index (χ0) is 18.5. The number of nitrogens with one attached hydrogen (secondary N) is 1. The lowest BCUT2D eigenvalue weighted by Crippen LogP contribution is -2.10. The zero-order valence-corrected chi connectivity index (χ0v) is 15.7. The predicted octanol–water partition coefficient (Wildman–Crippen LogP) is 6.14. The van der Waals surface area contributed by atoms with Gasteiger partial charge < -0.3 is 0 Å². The number of aromatic nitrogens is 2. The maximum atomic E-state index is 4.67. The third-order valence-electron chi connectivity index (χ3n) is 5.44. The molecule has 5 rings (SSSR count). The lowest BCUT2D eigenvalue weighted by molar-refractivity contribution is 1.05. The molecule has 0 spiro atoms. The van der Waals surface area contributed by atoms with Crippen LogP contribution in [0.2, 0.25) is 0 Å². The minimum atomic E-state index is 1.00. The molecule has 0 unspecified atom stereocenters. The van der Waals surface area contributed by atoms with Crippen molar-refractivity contribution >= 4 is 38.4 Å². The van der Waals surface area contributed by atoms with E-state index in [9.17, 15) is 0 Å². The molecular formula is C24H21N3. The molecule has 3 heteroatoms. The second-order valence-corrected chi connectivity index (χ2v) is 7.20. The van der Waals surface area contributed by atoms with Crippen LogP contribution in [0.15, 0.2) is 66.7 Å². The molecule has 5 aromatic rings. The quantitative estimate of drug-likeness (QED) is 0.414. The molecule has 3 aromatic carbocycles. The summed E-state index contributed by atoms with van der Waals surface area (Å²) >= 11 is 0. The summed E-state index contributed by atoms with van der Waals surface area (Å²) in [7, 11) is 0. The van der Waals surface area contributed by atoms with Crippen molar-refractivity contribution in [2.75, 3.05) is 5.43 Å². The first-order valence-electron chi connectivity index (χ1n) is 9.26. The molecule has 0 aliphatic rings. The SMILES string of the molecule is Cc1cc(Nn2c3ccccc3c3ccc(C)c(C)c32)c2ccccc2n1. The van der Waals surface area contributed by atoms with E-state index in [2.05, 4.69) is 89.6 Å². The van der Waals surface area contributed by atoms with Crippen LogP contribution >= 0.6 is 0 Å². The predicted molar refractivity (Wildman–Crippen MR) is 114 cm³/mol. The molecule has 0 bridgehead atoms. The number of benzene rings is 3. The summed E-state index contributed by atoms with van der Waals surface area (Å²) < 4.78 is 2.23. The van der Waals surface area contributed by atoms with E-state index in [1.54, 1.807) is 0 Å². The van der Waals surface area contributed by atoms with Crippen molar-refractivity contribution in [3.8, 4) is 0 Å². The third-order valence-corrected chi connectivity index (χ3v) is 5.44. The van der Waals surface area contributed by atoms with Gasteiger partial charge >= 0.3 is 0 Å². The Morgan fingerprint density at radius 1 is 0.778 bits per heavy atom. The van der Waals surface area contributed by atoms with Gasteiger partial charge in [0.2, 0.25) is 0 Å². The molecule has 0 aliphatic carbocycles. The first-order chi connectivity index (χ1) is 13.1. The zero-order valence-electron chi connectivity index (χ0n) is 15.7. The summed E-state index contributed by atoms with van der Waals surface area (Å²) in [6.45, 7) is 6.41. The summed E-state index contributed by atoms with van der Waals surface area (Å²) in [4.78, 5) is 4.67. The summed E-state index contributed by atoms with van der Waals surface area (Å²) in [5, 5.41) is 3.66. The topological polar surface area (TPSA) is 29.9 Å². The second-order valence-electron chi connectivity index (χ2n) is 7.20. The average Bonchev–Trinajstić information content (AvgIpc) is 2.99. The minimum absolute atomic E-state index is 1.00. The lowest BCUT2D eigenvalue weighted by atomic mass is 10.1. The van der Waals surface area contributed by atoms with Crippen molar-refractivity contribution in [2.24, 2.45) is 0 Å². The van der Waals surface area contributed by atoms with Gasteiger partial charge in [0.15, 0.2) is 0 Å². The van der Waals surface area contributed by atoms with Crippen LogP contribution < -0.4 is 5.43 Å². The molecule has 2 aromatic heterocycles. The van der Waals surface area contributed by atoms with Crippen LogP contribution in [0.5, 0.6) is 0 Å². The van der Waals surface area contributed by atoms with Crippen LogP contribution in [0, 0.1) is 20.8 Å². The molecule has 1 N–H and O–H groups in total. The number of nitrogens with zero attached hydrogens (tertiary/aromatic N) is 2. The highest BCUT2D eigenvalue weighted by atomic mass is 15.4. The van der Waals surface area contributed by atoms with E-state index in [0.29, 0.717) is 0 Å². The molecule has 27 heavy (non-hydrogen) atoms. The molecule has 132 valence electrons. The number of fused-ring (bicyclic) bond motifs is 4. The van der Waals surface area contributed by atoms with Crippen LogP contribution in [0.4, 0.5) is 5.69 Å². The van der Waals surface area contributed by atoms with Crippen LogP contribution in [0.1, 0.15) is 16.8 Å². The maximum absolute atomic E-state index is 4.67. The van der Waals surface area contributed by atoms with Gasteiger partial charge in [0.1, 0.15) is 0 Å². The Labute approximate surface area is 158 Å². The van der Waals surface area contributed by atoms with Gasteiger partial charge in [0.25, 0.3) is 0 Å². The normalized spacial score (nSPS) is 11.5. The molecule has 0 atom stereocenters. The van der Waals surface area contributed by atoms with Gasteiger partial charge in [0.05, 0.1) is 22.2 Å². The monoisotopic (exact) mass is 351 g/mol. The maximum Gasteiger partial charge on any atom is 0.0741 e. The molecule has 0 fully saturated rings. The van der Waals surface area contributed by atoms with E-state index < -0.39 is 0 Å². The van der Waals surface area contributed by atoms with Gasteiger partial charge in [0, 0.05) is 21.9 Å². The molecular weight excluding hydrogens is 330 g/mol. The van der Waals surface area contributed by atoms with Crippen LogP contribution in [-0.2, 0) is 0 Å². The summed E-state index contributed by atoms with van der Waals surface area (Å²) in [6.07, 6.45) is 0. The van der Waals surface area contributed by atoms with Gasteiger partial charge in [-0.15, -0.1) is 0 Å². The molecule has 0 amide bonds. The minimum Gasteiger partial charge on any atom is -0.293 e. The molecule has 0 radical (unpaired) electrons. The summed E-state index contributed by atoms with van der Waals surface area (Å²) in [5.41, 5.74) is 11.8. The fraction of sp³-hybridized carbons (Fsp3) is 0.125. The highest BCUT2D eigenvalue weighted by Crippen LogP contribution is 2.33. The first kappa shape index (κ1) is 15.9. The number of anilines is 1. The average molecular weight is 351 g/mol. The highest BCUT2D eigenvalue weighted by Gasteiger charge is 2.14. The molecule has 0 aliphatic heterocycles. The Bertz CT molecular complexity index is 1330. The Kier molecular flexibility index (Phi) is 3.44. The number of para-hydroxylation sites is 2. The standard InChI is InChI=1S/C24H21N3/c1-15-12-13-19-18-8-5-7-11-23(18)27(24(19)17(15)3)26-22-14-16(2)25-21-10-6-4-9-20(21)22/h4-14H,1-3H3,(H,25,26). The van der Waals surface area contributed by atoms with E-state index in [-0.39, 0.29) is 0 Å². The Morgan fingerprint density at radius 3 is 2.37 bits per heavy atom. The number of hydrogen-bond acceptors (Lipinski definition) is 2. The fourth-order valence-electron chi connectivity index (χ4n) is 3.96. The van der Waals surface area contributed by atoms with Crippen molar-refractivity contribution in [2.45, 2.75) is 20.8 Å². The van der Waals surface area contributed by atoms with Crippen molar-refractivity contribution < 1.29 is 0 Å². The van der Waals surface area contributed by atoms with Crippen molar-refractivity contribution in [3.63, 3.8) is 0 Å². The molecule has 0 saturated carbocycles. The summed E-state index contributed by atoms with van der Waals surface area (Å²) in [5.74, 6) is 0. The van der Waals surface area contributed by atoms with E-state index in [0.717, 1.165) is 22.3 Å². The first-order valence-corrected chi connectivity index (χ1v) is 9.26. The van der Waals surface area contributed by atoms with Crippen molar-refractivity contribution in [3.05, 3.63) is 83.6 Å². The smallest absolute Gasteiger partial charge is 0.0741 e. The number of hydrogen-bond donors (Lipinski definition) is 1. The van der Waals surface area contributed by atoms with Crippen molar-refractivity contribution in [1.29, 1.82) is 0 Å². The summed E-state index contributed by atoms with van der Waals surface area (Å²) in [6, 6.07) is 23.4. The van der Waals surface area contributed by atoms with Crippen molar-refractivity contribution in [1.82, 2.24) is 9.66 Å². The van der Waals surface area contributed by atoms with E-state index in [1.165, 1.54) is 32.9 Å². The van der Waals surface area contributed by atoms with Gasteiger partial charge in [-0.1, -0.05) is 48.5 Å². The second kappa shape index (κ2) is 5.85. The van der Waals surface area contributed by atoms with E-state index in [1.807, 2.05) is 13.0 Å². The van der Waals surface area contributed by atoms with E-state index >= 15 is 0 Å². The Hall–Kier alpha value is -3.33. The Balaban J connectivity index is 1.85. The number of pyridine rings is 1. The Morgan fingerprint density at radius 2 is 1.52 bits per heavy atom. The van der Waals surface area contributed by atoms with Gasteiger partial charge in [-0.25, -0.2) is 0 Å². The molecule has 0 saturated heterocycles. The van der Waals surface area contributed by atoms with Gasteiger partial charge in [-0.05, 0) is 50.1 Å². The molecule has 3 nitrogen and oxygen atoms in total. The largest absolute Gasteiger partial charge is 0.293 e.